The molecular formula is C20H13N5O. The molecule has 0 aliphatic heterocycles. The van der Waals surface area contributed by atoms with E-state index in [1.165, 1.54) is 0 Å². The van der Waals surface area contributed by atoms with E-state index in [-0.39, 0.29) is 5.91 Å². The van der Waals surface area contributed by atoms with Crippen molar-refractivity contribution in [1.29, 1.82) is 5.26 Å². The second-order valence-electron chi connectivity index (χ2n) is 5.72. The summed E-state index contributed by atoms with van der Waals surface area (Å²) in [6.45, 7) is 0. The van der Waals surface area contributed by atoms with E-state index in [1.807, 2.05) is 36.4 Å². The first kappa shape index (κ1) is 15.5. The number of hydrogen-bond donors (Lipinski definition) is 2. The summed E-state index contributed by atoms with van der Waals surface area (Å²) in [4.78, 5) is 16.5. The summed E-state index contributed by atoms with van der Waals surface area (Å²) < 4.78 is 0. The first-order chi connectivity index (χ1) is 12.7. The monoisotopic (exact) mass is 339 g/mol. The maximum atomic E-state index is 12.5. The van der Waals surface area contributed by atoms with Gasteiger partial charge in [-0.05, 0) is 48.5 Å². The number of carbonyl (C=O) groups excluding carboxylic acids is 1. The van der Waals surface area contributed by atoms with Crippen LogP contribution in [-0.4, -0.2) is 21.1 Å². The summed E-state index contributed by atoms with van der Waals surface area (Å²) >= 11 is 0. The maximum absolute atomic E-state index is 12.5. The van der Waals surface area contributed by atoms with Gasteiger partial charge in [0.2, 0.25) is 0 Å². The summed E-state index contributed by atoms with van der Waals surface area (Å²) in [6, 6.07) is 17.9. The SMILES string of the molecule is N#Cc1cccc(C(=O)Nc2ccc3[nH]nc(-c4ccncc4)c3c2)c1. The van der Waals surface area contributed by atoms with E-state index >= 15 is 0 Å². The van der Waals surface area contributed by atoms with E-state index in [4.69, 9.17) is 5.26 Å². The lowest BCUT2D eigenvalue weighted by Gasteiger charge is -2.06. The largest absolute Gasteiger partial charge is 0.322 e. The average Bonchev–Trinajstić information content (AvgIpc) is 3.12. The van der Waals surface area contributed by atoms with Crippen LogP contribution in [0.1, 0.15) is 15.9 Å². The van der Waals surface area contributed by atoms with Crippen LogP contribution in [0.4, 0.5) is 5.69 Å². The molecule has 0 bridgehead atoms. The highest BCUT2D eigenvalue weighted by atomic mass is 16.1. The lowest BCUT2D eigenvalue weighted by Crippen LogP contribution is -2.11. The molecule has 0 aliphatic rings. The Morgan fingerprint density at radius 2 is 1.92 bits per heavy atom. The normalized spacial score (nSPS) is 10.4. The number of pyridine rings is 1. The molecule has 4 rings (SSSR count). The van der Waals surface area contributed by atoms with Crippen LogP contribution in [0.2, 0.25) is 0 Å². The zero-order valence-electron chi connectivity index (χ0n) is 13.6. The van der Waals surface area contributed by atoms with Gasteiger partial charge in [-0.2, -0.15) is 10.4 Å². The molecule has 2 heterocycles. The van der Waals surface area contributed by atoms with E-state index in [0.717, 1.165) is 22.2 Å². The summed E-state index contributed by atoms with van der Waals surface area (Å²) in [6.07, 6.45) is 3.42. The molecule has 124 valence electrons. The van der Waals surface area contributed by atoms with Crippen LogP contribution in [0.25, 0.3) is 22.2 Å². The molecule has 0 saturated carbocycles. The number of rotatable bonds is 3. The van der Waals surface area contributed by atoms with Gasteiger partial charge in [-0.15, -0.1) is 0 Å². The first-order valence-corrected chi connectivity index (χ1v) is 7.94. The van der Waals surface area contributed by atoms with E-state index in [1.54, 1.807) is 36.7 Å². The minimum absolute atomic E-state index is 0.268. The first-order valence-electron chi connectivity index (χ1n) is 7.94. The van der Waals surface area contributed by atoms with Gasteiger partial charge >= 0.3 is 0 Å². The maximum Gasteiger partial charge on any atom is 0.255 e. The van der Waals surface area contributed by atoms with Crippen molar-refractivity contribution < 1.29 is 4.79 Å². The molecule has 0 radical (unpaired) electrons. The molecule has 0 saturated heterocycles. The van der Waals surface area contributed by atoms with Gasteiger partial charge in [-0.1, -0.05) is 6.07 Å². The predicted octanol–water partition coefficient (Wildman–Crippen LogP) is 3.75. The van der Waals surface area contributed by atoms with Crippen molar-refractivity contribution in [2.45, 2.75) is 0 Å². The van der Waals surface area contributed by atoms with Crippen LogP contribution in [0.15, 0.2) is 67.0 Å². The number of fused-ring (bicyclic) bond motifs is 1. The molecule has 6 heteroatoms. The third-order valence-corrected chi connectivity index (χ3v) is 4.03. The molecule has 1 amide bonds. The van der Waals surface area contributed by atoms with Crippen LogP contribution < -0.4 is 5.32 Å². The summed E-state index contributed by atoms with van der Waals surface area (Å²) in [5.41, 5.74) is 4.15. The minimum Gasteiger partial charge on any atom is -0.322 e. The Morgan fingerprint density at radius 3 is 2.73 bits per heavy atom. The summed E-state index contributed by atoms with van der Waals surface area (Å²) in [5.74, 6) is -0.268. The quantitative estimate of drug-likeness (QED) is 0.594. The number of H-pyrrole nitrogens is 1. The number of carbonyl (C=O) groups is 1. The van der Waals surface area contributed by atoms with Crippen LogP contribution >= 0.6 is 0 Å². The van der Waals surface area contributed by atoms with Gasteiger partial charge in [-0.25, -0.2) is 0 Å². The second-order valence-corrected chi connectivity index (χ2v) is 5.72. The minimum atomic E-state index is -0.268. The van der Waals surface area contributed by atoms with Crippen molar-refractivity contribution >= 4 is 22.5 Å². The van der Waals surface area contributed by atoms with Crippen molar-refractivity contribution in [3.8, 4) is 17.3 Å². The van der Waals surface area contributed by atoms with E-state index in [0.29, 0.717) is 16.8 Å². The molecule has 6 nitrogen and oxygen atoms in total. The Hall–Kier alpha value is -3.98. The molecule has 2 aromatic heterocycles. The van der Waals surface area contributed by atoms with Gasteiger partial charge in [0.1, 0.15) is 5.69 Å². The fourth-order valence-corrected chi connectivity index (χ4v) is 2.75. The van der Waals surface area contributed by atoms with Crippen LogP contribution in [0, 0.1) is 11.3 Å². The Morgan fingerprint density at radius 1 is 1.08 bits per heavy atom. The van der Waals surface area contributed by atoms with Gasteiger partial charge in [0, 0.05) is 34.6 Å². The number of nitrogens with zero attached hydrogens (tertiary/aromatic N) is 3. The number of hydrogen-bond acceptors (Lipinski definition) is 4. The molecule has 0 atom stereocenters. The lowest BCUT2D eigenvalue weighted by atomic mass is 10.1. The van der Waals surface area contributed by atoms with E-state index in [2.05, 4.69) is 20.5 Å². The third kappa shape index (κ3) is 2.89. The zero-order chi connectivity index (χ0) is 17.9. The lowest BCUT2D eigenvalue weighted by molar-refractivity contribution is 0.102. The molecule has 0 unspecified atom stereocenters. The summed E-state index contributed by atoms with van der Waals surface area (Å²) in [7, 11) is 0. The number of benzene rings is 2. The van der Waals surface area contributed by atoms with Gasteiger partial charge < -0.3 is 5.32 Å². The molecule has 4 aromatic rings. The molecule has 26 heavy (non-hydrogen) atoms. The second kappa shape index (κ2) is 6.49. The van der Waals surface area contributed by atoms with Gasteiger partial charge in [0.15, 0.2) is 0 Å². The Labute approximate surface area is 149 Å². The number of anilines is 1. The fraction of sp³-hybridized carbons (Fsp3) is 0. The average molecular weight is 339 g/mol. The number of aromatic amines is 1. The smallest absolute Gasteiger partial charge is 0.255 e. The van der Waals surface area contributed by atoms with Crippen molar-refractivity contribution in [3.63, 3.8) is 0 Å². The number of nitrogens with one attached hydrogen (secondary N) is 2. The highest BCUT2D eigenvalue weighted by molar-refractivity contribution is 6.06. The van der Waals surface area contributed by atoms with Gasteiger partial charge in [-0.3, -0.25) is 14.9 Å². The molecule has 0 spiro atoms. The van der Waals surface area contributed by atoms with Gasteiger partial charge in [0.25, 0.3) is 5.91 Å². The van der Waals surface area contributed by atoms with Crippen molar-refractivity contribution in [3.05, 3.63) is 78.1 Å². The van der Waals surface area contributed by atoms with Crippen molar-refractivity contribution in [2.24, 2.45) is 0 Å². The Kier molecular flexibility index (Phi) is 3.88. The molecule has 2 aromatic carbocycles. The van der Waals surface area contributed by atoms with Crippen LogP contribution in [0.5, 0.6) is 0 Å². The number of aromatic nitrogens is 3. The highest BCUT2D eigenvalue weighted by Gasteiger charge is 2.11. The number of amides is 1. The zero-order valence-corrected chi connectivity index (χ0v) is 13.6. The molecule has 0 aliphatic carbocycles. The number of nitriles is 1. The standard InChI is InChI=1S/C20H13N5O/c21-12-13-2-1-3-15(10-13)20(26)23-16-4-5-18-17(11-16)19(25-24-18)14-6-8-22-9-7-14/h1-11H,(H,23,26)(H,24,25). The Bertz CT molecular complexity index is 1140. The Balaban J connectivity index is 1.67. The predicted molar refractivity (Wildman–Crippen MR) is 98.4 cm³/mol. The van der Waals surface area contributed by atoms with Crippen LogP contribution in [0.3, 0.4) is 0 Å². The molecule has 2 N–H and O–H groups in total. The van der Waals surface area contributed by atoms with Crippen molar-refractivity contribution in [2.75, 3.05) is 5.32 Å². The topological polar surface area (TPSA) is 94.5 Å². The van der Waals surface area contributed by atoms with E-state index in [9.17, 15) is 4.79 Å². The summed E-state index contributed by atoms with van der Waals surface area (Å²) in [5, 5.41) is 20.1. The molecular weight excluding hydrogens is 326 g/mol. The van der Waals surface area contributed by atoms with Crippen LogP contribution in [-0.2, 0) is 0 Å². The van der Waals surface area contributed by atoms with Gasteiger partial charge in [0.05, 0.1) is 17.1 Å². The molecule has 0 fully saturated rings. The highest BCUT2D eigenvalue weighted by Crippen LogP contribution is 2.28. The van der Waals surface area contributed by atoms with Crippen molar-refractivity contribution in [1.82, 2.24) is 15.2 Å². The fourth-order valence-electron chi connectivity index (χ4n) is 2.75. The van der Waals surface area contributed by atoms with E-state index < -0.39 is 0 Å². The third-order valence-electron chi connectivity index (χ3n) is 4.03.